The maximum absolute atomic E-state index is 12.1. The molecule has 1 fully saturated rings. The number of methoxy groups -OCH3 is 1. The highest BCUT2D eigenvalue weighted by atomic mass is 16.5. The molecule has 0 aromatic heterocycles. The van der Waals surface area contributed by atoms with Crippen LogP contribution in [0.5, 0.6) is 11.5 Å². The fourth-order valence-corrected chi connectivity index (χ4v) is 2.43. The number of ether oxygens (including phenoxy) is 2. The van der Waals surface area contributed by atoms with E-state index in [0.29, 0.717) is 17.5 Å². The highest BCUT2D eigenvalue weighted by Crippen LogP contribution is 2.26. The van der Waals surface area contributed by atoms with Gasteiger partial charge >= 0.3 is 0 Å². The first-order valence-electron chi connectivity index (χ1n) is 6.77. The van der Waals surface area contributed by atoms with Crippen LogP contribution in [0.3, 0.4) is 0 Å². The van der Waals surface area contributed by atoms with Crippen LogP contribution >= 0.6 is 0 Å². The number of piperidine rings is 1. The Morgan fingerprint density at radius 3 is 2.74 bits per heavy atom. The van der Waals surface area contributed by atoms with Gasteiger partial charge in [0.05, 0.1) is 7.11 Å². The number of carbonyl (C=O) groups is 1. The van der Waals surface area contributed by atoms with E-state index < -0.39 is 0 Å². The van der Waals surface area contributed by atoms with Crippen LogP contribution in [0.15, 0.2) is 24.3 Å². The van der Waals surface area contributed by atoms with E-state index in [4.69, 9.17) is 9.47 Å². The van der Waals surface area contributed by atoms with E-state index >= 15 is 0 Å². The predicted molar refractivity (Wildman–Crippen MR) is 73.5 cm³/mol. The fraction of sp³-hybridized carbons (Fsp3) is 0.533. The topological polar surface area (TPSA) is 38.8 Å². The summed E-state index contributed by atoms with van der Waals surface area (Å²) in [4.78, 5) is 14.1. The summed E-state index contributed by atoms with van der Waals surface area (Å²) >= 11 is 0. The molecule has 1 unspecified atom stereocenters. The third-order valence-corrected chi connectivity index (χ3v) is 3.54. The van der Waals surface area contributed by atoms with Gasteiger partial charge in [0.1, 0.15) is 0 Å². The van der Waals surface area contributed by atoms with Crippen LogP contribution in [-0.2, 0) is 4.79 Å². The first-order valence-corrected chi connectivity index (χ1v) is 6.77. The first kappa shape index (κ1) is 13.7. The molecular formula is C15H21NO3. The van der Waals surface area contributed by atoms with Gasteiger partial charge in [0.25, 0.3) is 5.91 Å². The third kappa shape index (κ3) is 3.40. The molecule has 1 aliphatic rings. The van der Waals surface area contributed by atoms with E-state index in [-0.39, 0.29) is 12.5 Å². The summed E-state index contributed by atoms with van der Waals surface area (Å²) in [5, 5.41) is 0. The lowest BCUT2D eigenvalue weighted by atomic mass is 10.0. The van der Waals surface area contributed by atoms with Crippen molar-refractivity contribution in [2.75, 3.05) is 20.3 Å². The van der Waals surface area contributed by atoms with E-state index in [2.05, 4.69) is 6.92 Å². The molecule has 0 saturated carbocycles. The molecule has 1 atom stereocenters. The molecule has 0 aliphatic carbocycles. The Kier molecular flexibility index (Phi) is 4.66. The SMILES string of the molecule is COc1ccccc1OCC(=O)N1CCCCC1C. The monoisotopic (exact) mass is 263 g/mol. The van der Waals surface area contributed by atoms with Gasteiger partial charge in [0, 0.05) is 12.6 Å². The Morgan fingerprint density at radius 1 is 1.32 bits per heavy atom. The second kappa shape index (κ2) is 6.45. The minimum Gasteiger partial charge on any atom is -0.493 e. The number of carbonyl (C=O) groups excluding carboxylic acids is 1. The Hall–Kier alpha value is -1.71. The van der Waals surface area contributed by atoms with Gasteiger partial charge in [-0.25, -0.2) is 0 Å². The number of para-hydroxylation sites is 2. The zero-order valence-electron chi connectivity index (χ0n) is 11.6. The van der Waals surface area contributed by atoms with Crippen molar-refractivity contribution in [3.63, 3.8) is 0 Å². The first-order chi connectivity index (χ1) is 9.22. The average Bonchev–Trinajstić information content (AvgIpc) is 2.45. The summed E-state index contributed by atoms with van der Waals surface area (Å²) in [5.74, 6) is 1.32. The highest BCUT2D eigenvalue weighted by Gasteiger charge is 2.23. The lowest BCUT2D eigenvalue weighted by molar-refractivity contribution is -0.136. The zero-order valence-corrected chi connectivity index (χ0v) is 11.6. The smallest absolute Gasteiger partial charge is 0.260 e. The van der Waals surface area contributed by atoms with Crippen LogP contribution in [-0.4, -0.2) is 37.1 Å². The van der Waals surface area contributed by atoms with E-state index in [1.54, 1.807) is 7.11 Å². The number of likely N-dealkylation sites (tertiary alicyclic amines) is 1. The summed E-state index contributed by atoms with van der Waals surface area (Å²) in [5.41, 5.74) is 0. The molecule has 4 heteroatoms. The van der Waals surface area contributed by atoms with E-state index in [0.717, 1.165) is 19.4 Å². The molecule has 1 heterocycles. The third-order valence-electron chi connectivity index (χ3n) is 3.54. The molecule has 1 saturated heterocycles. The second-order valence-corrected chi connectivity index (χ2v) is 4.87. The maximum Gasteiger partial charge on any atom is 0.260 e. The molecular weight excluding hydrogens is 242 g/mol. The fourth-order valence-electron chi connectivity index (χ4n) is 2.43. The van der Waals surface area contributed by atoms with Crippen LogP contribution in [0, 0.1) is 0 Å². The number of hydrogen-bond donors (Lipinski definition) is 0. The lowest BCUT2D eigenvalue weighted by Crippen LogP contribution is -2.44. The molecule has 1 amide bonds. The van der Waals surface area contributed by atoms with E-state index in [9.17, 15) is 4.79 Å². The molecule has 1 aromatic carbocycles. The molecule has 4 nitrogen and oxygen atoms in total. The molecule has 0 radical (unpaired) electrons. The summed E-state index contributed by atoms with van der Waals surface area (Å²) in [6, 6.07) is 7.70. The van der Waals surface area contributed by atoms with Crippen LogP contribution in [0.25, 0.3) is 0 Å². The Labute approximate surface area is 114 Å². The molecule has 19 heavy (non-hydrogen) atoms. The zero-order chi connectivity index (χ0) is 13.7. The summed E-state index contributed by atoms with van der Waals surface area (Å²) in [6.07, 6.45) is 3.38. The van der Waals surface area contributed by atoms with Gasteiger partial charge in [-0.1, -0.05) is 12.1 Å². The van der Waals surface area contributed by atoms with Crippen molar-refractivity contribution in [2.45, 2.75) is 32.2 Å². The summed E-state index contributed by atoms with van der Waals surface area (Å²) < 4.78 is 10.8. The molecule has 1 aliphatic heterocycles. The van der Waals surface area contributed by atoms with Gasteiger partial charge in [-0.2, -0.15) is 0 Å². The van der Waals surface area contributed by atoms with Crippen molar-refractivity contribution in [3.05, 3.63) is 24.3 Å². The van der Waals surface area contributed by atoms with Crippen molar-refractivity contribution < 1.29 is 14.3 Å². The Morgan fingerprint density at radius 2 is 2.05 bits per heavy atom. The van der Waals surface area contributed by atoms with Crippen LogP contribution < -0.4 is 9.47 Å². The second-order valence-electron chi connectivity index (χ2n) is 4.87. The molecule has 2 rings (SSSR count). The van der Waals surface area contributed by atoms with Crippen LogP contribution in [0.4, 0.5) is 0 Å². The van der Waals surface area contributed by atoms with Crippen molar-refractivity contribution in [1.29, 1.82) is 0 Å². The van der Waals surface area contributed by atoms with E-state index in [1.165, 1.54) is 6.42 Å². The van der Waals surface area contributed by atoms with E-state index in [1.807, 2.05) is 29.2 Å². The number of amides is 1. The standard InChI is InChI=1S/C15H21NO3/c1-12-7-5-6-10-16(12)15(17)11-19-14-9-4-3-8-13(14)18-2/h3-4,8-9,12H,5-7,10-11H2,1-2H3. The Bertz CT molecular complexity index is 433. The molecule has 1 aromatic rings. The minimum absolute atomic E-state index is 0.0538. The van der Waals surface area contributed by atoms with Crippen LogP contribution in [0.2, 0.25) is 0 Å². The van der Waals surface area contributed by atoms with Crippen molar-refractivity contribution in [3.8, 4) is 11.5 Å². The largest absolute Gasteiger partial charge is 0.493 e. The quantitative estimate of drug-likeness (QED) is 0.837. The van der Waals surface area contributed by atoms with Gasteiger partial charge in [0.15, 0.2) is 18.1 Å². The van der Waals surface area contributed by atoms with Gasteiger partial charge in [0.2, 0.25) is 0 Å². The molecule has 0 bridgehead atoms. The highest BCUT2D eigenvalue weighted by molar-refractivity contribution is 5.78. The number of hydrogen-bond acceptors (Lipinski definition) is 3. The number of rotatable bonds is 4. The summed E-state index contributed by atoms with van der Waals surface area (Å²) in [6.45, 7) is 3.01. The van der Waals surface area contributed by atoms with Gasteiger partial charge in [-0.05, 0) is 38.3 Å². The van der Waals surface area contributed by atoms with Gasteiger partial charge in [-0.15, -0.1) is 0 Å². The molecule has 0 spiro atoms. The van der Waals surface area contributed by atoms with Crippen molar-refractivity contribution in [2.24, 2.45) is 0 Å². The molecule has 104 valence electrons. The maximum atomic E-state index is 12.1. The van der Waals surface area contributed by atoms with Gasteiger partial charge < -0.3 is 14.4 Å². The van der Waals surface area contributed by atoms with Crippen molar-refractivity contribution >= 4 is 5.91 Å². The van der Waals surface area contributed by atoms with Gasteiger partial charge in [-0.3, -0.25) is 4.79 Å². The minimum atomic E-state index is 0.0538. The average molecular weight is 263 g/mol. The van der Waals surface area contributed by atoms with Crippen molar-refractivity contribution in [1.82, 2.24) is 4.90 Å². The normalized spacial score (nSPS) is 19.1. The predicted octanol–water partition coefficient (Wildman–Crippen LogP) is 2.48. The molecule has 0 N–H and O–H groups in total. The lowest BCUT2D eigenvalue weighted by Gasteiger charge is -2.33. The number of benzene rings is 1. The number of nitrogens with zero attached hydrogens (tertiary/aromatic N) is 1. The van der Waals surface area contributed by atoms with Crippen LogP contribution in [0.1, 0.15) is 26.2 Å². The summed E-state index contributed by atoms with van der Waals surface area (Å²) in [7, 11) is 1.59. The Balaban J connectivity index is 1.92.